The van der Waals surface area contributed by atoms with E-state index in [4.69, 9.17) is 0 Å². The molecular weight excluding hydrogens is 188 g/mol. The van der Waals surface area contributed by atoms with Crippen LogP contribution in [0.4, 0.5) is 5.95 Å². The van der Waals surface area contributed by atoms with E-state index >= 15 is 0 Å². The molecule has 0 saturated carbocycles. The largest absolute Gasteiger partial charge is 0.350 e. The van der Waals surface area contributed by atoms with Gasteiger partial charge in [0.2, 0.25) is 5.95 Å². The Morgan fingerprint density at radius 1 is 1.20 bits per heavy atom. The molecule has 0 spiro atoms. The Morgan fingerprint density at radius 3 is 2.67 bits per heavy atom. The summed E-state index contributed by atoms with van der Waals surface area (Å²) in [6.45, 7) is 2.65. The number of anilines is 1. The van der Waals surface area contributed by atoms with Gasteiger partial charge in [-0.25, -0.2) is 9.97 Å². The molecule has 0 aliphatic rings. The van der Waals surface area contributed by atoms with Crippen molar-refractivity contribution in [3.05, 3.63) is 48.0 Å². The highest BCUT2D eigenvalue weighted by Crippen LogP contribution is 2.02. The minimum atomic E-state index is 0.643. The first-order valence-electron chi connectivity index (χ1n) is 4.76. The fourth-order valence-electron chi connectivity index (χ4n) is 1.17. The predicted molar refractivity (Wildman–Crippen MR) is 58.3 cm³/mol. The van der Waals surface area contributed by atoms with Gasteiger partial charge in [0.25, 0.3) is 0 Å². The van der Waals surface area contributed by atoms with E-state index in [1.165, 1.54) is 0 Å². The molecule has 4 heteroatoms. The fraction of sp³-hybridized carbons (Fsp3) is 0.182. The topological polar surface area (TPSA) is 50.7 Å². The number of aromatic nitrogens is 3. The van der Waals surface area contributed by atoms with E-state index in [1.807, 2.05) is 25.3 Å². The van der Waals surface area contributed by atoms with Crippen molar-refractivity contribution in [2.24, 2.45) is 0 Å². The lowest BCUT2D eigenvalue weighted by atomic mass is 10.3. The summed E-state index contributed by atoms with van der Waals surface area (Å²) >= 11 is 0. The number of aryl methyl sites for hydroxylation is 1. The first kappa shape index (κ1) is 9.58. The highest BCUT2D eigenvalue weighted by Gasteiger charge is 1.95. The van der Waals surface area contributed by atoms with Crippen molar-refractivity contribution in [2.45, 2.75) is 13.5 Å². The summed E-state index contributed by atoms with van der Waals surface area (Å²) in [5.74, 6) is 0.643. The Balaban J connectivity index is 1.96. The second kappa shape index (κ2) is 4.50. The zero-order valence-electron chi connectivity index (χ0n) is 8.51. The third-order valence-electron chi connectivity index (χ3n) is 1.95. The van der Waals surface area contributed by atoms with E-state index < -0.39 is 0 Å². The summed E-state index contributed by atoms with van der Waals surface area (Å²) in [7, 11) is 0. The normalized spacial score (nSPS) is 9.93. The molecule has 15 heavy (non-hydrogen) atoms. The van der Waals surface area contributed by atoms with Gasteiger partial charge in [-0.2, -0.15) is 0 Å². The van der Waals surface area contributed by atoms with E-state index in [1.54, 1.807) is 18.6 Å². The van der Waals surface area contributed by atoms with Crippen LogP contribution in [0.5, 0.6) is 0 Å². The first-order valence-corrected chi connectivity index (χ1v) is 4.76. The first-order chi connectivity index (χ1) is 7.34. The Bertz CT molecular complexity index is 410. The third-order valence-corrected chi connectivity index (χ3v) is 1.95. The lowest BCUT2D eigenvalue weighted by molar-refractivity contribution is 1.03. The van der Waals surface area contributed by atoms with Crippen LogP contribution in [0.15, 0.2) is 36.9 Å². The van der Waals surface area contributed by atoms with E-state index in [9.17, 15) is 0 Å². The van der Waals surface area contributed by atoms with Gasteiger partial charge in [-0.15, -0.1) is 0 Å². The van der Waals surface area contributed by atoms with Gasteiger partial charge in [0.1, 0.15) is 0 Å². The van der Waals surface area contributed by atoms with E-state index in [0.29, 0.717) is 12.5 Å². The quantitative estimate of drug-likeness (QED) is 0.820. The molecule has 0 atom stereocenters. The summed E-state index contributed by atoms with van der Waals surface area (Å²) < 4.78 is 0. The van der Waals surface area contributed by atoms with Gasteiger partial charge in [0, 0.05) is 31.3 Å². The lowest BCUT2D eigenvalue weighted by Gasteiger charge is -2.03. The molecule has 0 amide bonds. The molecule has 0 saturated heterocycles. The molecule has 0 aliphatic heterocycles. The van der Waals surface area contributed by atoms with Gasteiger partial charge in [-0.05, 0) is 24.1 Å². The van der Waals surface area contributed by atoms with Crippen molar-refractivity contribution in [1.82, 2.24) is 15.0 Å². The highest BCUT2D eigenvalue weighted by atomic mass is 15.1. The number of nitrogens with zero attached hydrogens (tertiary/aromatic N) is 3. The maximum atomic E-state index is 4.15. The van der Waals surface area contributed by atoms with Crippen LogP contribution in [-0.2, 0) is 6.54 Å². The minimum Gasteiger partial charge on any atom is -0.350 e. The standard InChI is InChI=1S/C11H12N4/c1-9-5-13-11(14-6-9)15-8-10-3-2-4-12-7-10/h2-7H,8H2,1H3,(H,13,14,15). The molecule has 2 heterocycles. The molecule has 0 aromatic carbocycles. The van der Waals surface area contributed by atoms with Crippen LogP contribution >= 0.6 is 0 Å². The maximum absolute atomic E-state index is 4.15. The number of nitrogens with one attached hydrogen (secondary N) is 1. The smallest absolute Gasteiger partial charge is 0.222 e. The molecule has 2 aromatic rings. The zero-order valence-corrected chi connectivity index (χ0v) is 8.51. The molecule has 4 nitrogen and oxygen atoms in total. The SMILES string of the molecule is Cc1cnc(NCc2cccnc2)nc1. The van der Waals surface area contributed by atoms with Crippen molar-refractivity contribution in [3.8, 4) is 0 Å². The summed E-state index contributed by atoms with van der Waals surface area (Å²) in [6.07, 6.45) is 7.16. The average Bonchev–Trinajstić information content (AvgIpc) is 2.30. The van der Waals surface area contributed by atoms with E-state index in [-0.39, 0.29) is 0 Å². The molecule has 76 valence electrons. The van der Waals surface area contributed by atoms with Crippen LogP contribution in [0.25, 0.3) is 0 Å². The molecule has 2 rings (SSSR count). The molecular formula is C11H12N4. The second-order valence-electron chi connectivity index (χ2n) is 3.30. The number of hydrogen-bond acceptors (Lipinski definition) is 4. The zero-order chi connectivity index (χ0) is 10.5. The summed E-state index contributed by atoms with van der Waals surface area (Å²) in [5, 5.41) is 3.13. The van der Waals surface area contributed by atoms with Crippen molar-refractivity contribution >= 4 is 5.95 Å². The summed E-state index contributed by atoms with van der Waals surface area (Å²) in [4.78, 5) is 12.3. The van der Waals surface area contributed by atoms with Gasteiger partial charge in [0.05, 0.1) is 0 Å². The van der Waals surface area contributed by atoms with Crippen LogP contribution in [0.2, 0.25) is 0 Å². The Hall–Kier alpha value is -1.97. The molecule has 0 bridgehead atoms. The highest BCUT2D eigenvalue weighted by molar-refractivity contribution is 5.26. The monoisotopic (exact) mass is 200 g/mol. The Kier molecular flexibility index (Phi) is 2.88. The summed E-state index contributed by atoms with van der Waals surface area (Å²) in [6, 6.07) is 3.92. The maximum Gasteiger partial charge on any atom is 0.222 e. The van der Waals surface area contributed by atoms with E-state index in [0.717, 1.165) is 11.1 Å². The van der Waals surface area contributed by atoms with Crippen LogP contribution in [-0.4, -0.2) is 15.0 Å². The number of hydrogen-bond donors (Lipinski definition) is 1. The molecule has 0 unspecified atom stereocenters. The predicted octanol–water partition coefficient (Wildman–Crippen LogP) is 1.79. The van der Waals surface area contributed by atoms with Crippen molar-refractivity contribution in [2.75, 3.05) is 5.32 Å². The minimum absolute atomic E-state index is 0.643. The average molecular weight is 200 g/mol. The van der Waals surface area contributed by atoms with Crippen LogP contribution < -0.4 is 5.32 Å². The molecule has 1 N–H and O–H groups in total. The Morgan fingerprint density at radius 2 is 2.00 bits per heavy atom. The molecule has 2 aromatic heterocycles. The van der Waals surface area contributed by atoms with Gasteiger partial charge in [0.15, 0.2) is 0 Å². The summed E-state index contributed by atoms with van der Waals surface area (Å²) in [5.41, 5.74) is 2.17. The van der Waals surface area contributed by atoms with Crippen LogP contribution in [0, 0.1) is 6.92 Å². The van der Waals surface area contributed by atoms with Gasteiger partial charge < -0.3 is 5.32 Å². The van der Waals surface area contributed by atoms with Gasteiger partial charge >= 0.3 is 0 Å². The number of rotatable bonds is 3. The fourth-order valence-corrected chi connectivity index (χ4v) is 1.17. The molecule has 0 fully saturated rings. The Labute approximate surface area is 88.4 Å². The van der Waals surface area contributed by atoms with Crippen molar-refractivity contribution in [3.63, 3.8) is 0 Å². The van der Waals surface area contributed by atoms with Crippen molar-refractivity contribution < 1.29 is 0 Å². The third kappa shape index (κ3) is 2.74. The van der Waals surface area contributed by atoms with E-state index in [2.05, 4.69) is 20.3 Å². The van der Waals surface area contributed by atoms with Crippen LogP contribution in [0.1, 0.15) is 11.1 Å². The second-order valence-corrected chi connectivity index (χ2v) is 3.30. The van der Waals surface area contributed by atoms with Gasteiger partial charge in [-0.3, -0.25) is 4.98 Å². The van der Waals surface area contributed by atoms with Crippen LogP contribution in [0.3, 0.4) is 0 Å². The van der Waals surface area contributed by atoms with Crippen molar-refractivity contribution in [1.29, 1.82) is 0 Å². The molecule has 0 aliphatic carbocycles. The lowest BCUT2D eigenvalue weighted by Crippen LogP contribution is -2.03. The van der Waals surface area contributed by atoms with Gasteiger partial charge in [-0.1, -0.05) is 6.07 Å². The number of pyridine rings is 1. The molecule has 0 radical (unpaired) electrons.